The number of alkyl carbamates (subject to hydrolysis) is 1. The number of carbonyl (C=O) groups excluding carboxylic acids is 5. The maximum atomic E-state index is 14.3. The molecule has 6 rings (SSSR count). The Labute approximate surface area is 310 Å². The maximum Gasteiger partial charge on any atom is 0.410 e. The molecule has 2 saturated carbocycles. The lowest BCUT2D eigenvalue weighted by Crippen LogP contribution is -2.66. The normalized spacial score (nSPS) is 25.9. The molecular formula is C38H49N5O9S. The SMILES string of the molecule is CC(C)COC(=O)N[C@H]1CCCCC/C=C/C2C[C@]2(C(=O)NS(=O)(=O)C2CC2)NC(=O)[C@@H]2CN(C(=O)OCc3cccc4ccccc34)CCN2C1=O. The van der Waals surface area contributed by atoms with Crippen molar-refractivity contribution in [1.82, 2.24) is 25.2 Å². The van der Waals surface area contributed by atoms with Crippen LogP contribution in [-0.2, 0) is 40.5 Å². The third kappa shape index (κ3) is 9.11. The van der Waals surface area contributed by atoms with Gasteiger partial charge in [-0.1, -0.05) is 81.3 Å². The zero-order chi connectivity index (χ0) is 37.8. The summed E-state index contributed by atoms with van der Waals surface area (Å²) in [5.41, 5.74) is -0.753. The van der Waals surface area contributed by atoms with Crippen LogP contribution in [0.4, 0.5) is 9.59 Å². The molecule has 2 aliphatic heterocycles. The average molecular weight is 752 g/mol. The molecule has 14 nitrogen and oxygen atoms in total. The summed E-state index contributed by atoms with van der Waals surface area (Å²) >= 11 is 0. The molecule has 2 aromatic carbocycles. The predicted molar refractivity (Wildman–Crippen MR) is 196 cm³/mol. The van der Waals surface area contributed by atoms with Gasteiger partial charge in [-0.3, -0.25) is 19.1 Å². The molecule has 1 unspecified atom stereocenters. The smallest absolute Gasteiger partial charge is 0.410 e. The van der Waals surface area contributed by atoms with Crippen LogP contribution in [0.2, 0.25) is 0 Å². The molecule has 2 aromatic rings. The van der Waals surface area contributed by atoms with Crippen LogP contribution in [0.1, 0.15) is 70.8 Å². The van der Waals surface area contributed by atoms with Crippen LogP contribution in [0.15, 0.2) is 54.6 Å². The molecule has 2 aliphatic carbocycles. The van der Waals surface area contributed by atoms with E-state index >= 15 is 0 Å². The van der Waals surface area contributed by atoms with Crippen LogP contribution in [-0.4, -0.2) is 97.2 Å². The second-order valence-corrected chi connectivity index (χ2v) is 16.8. The van der Waals surface area contributed by atoms with E-state index in [1.807, 2.05) is 68.5 Å². The Kier molecular flexibility index (Phi) is 11.6. The van der Waals surface area contributed by atoms with Crippen molar-refractivity contribution in [2.45, 2.75) is 94.7 Å². The summed E-state index contributed by atoms with van der Waals surface area (Å²) in [6, 6.07) is 11.1. The van der Waals surface area contributed by atoms with Crippen LogP contribution in [0.3, 0.4) is 0 Å². The van der Waals surface area contributed by atoms with Gasteiger partial charge in [0.2, 0.25) is 21.8 Å². The van der Waals surface area contributed by atoms with E-state index in [1.54, 1.807) is 0 Å². The van der Waals surface area contributed by atoms with Crippen molar-refractivity contribution in [2.75, 3.05) is 26.2 Å². The minimum absolute atomic E-state index is 0.0204. The lowest BCUT2D eigenvalue weighted by atomic mass is 10.0. The number of piperazine rings is 1. The molecule has 53 heavy (non-hydrogen) atoms. The topological polar surface area (TPSA) is 181 Å². The first kappa shape index (κ1) is 38.1. The lowest BCUT2D eigenvalue weighted by molar-refractivity contribution is -0.146. The highest BCUT2D eigenvalue weighted by atomic mass is 32.2. The highest BCUT2D eigenvalue weighted by Crippen LogP contribution is 2.46. The lowest BCUT2D eigenvalue weighted by Gasteiger charge is -2.41. The third-order valence-electron chi connectivity index (χ3n) is 10.3. The van der Waals surface area contributed by atoms with E-state index in [4.69, 9.17) is 9.47 Å². The second-order valence-electron chi connectivity index (χ2n) is 14.9. The van der Waals surface area contributed by atoms with Gasteiger partial charge >= 0.3 is 12.2 Å². The predicted octanol–water partition coefficient (Wildman–Crippen LogP) is 3.74. The molecule has 3 N–H and O–H groups in total. The molecule has 2 heterocycles. The van der Waals surface area contributed by atoms with Gasteiger partial charge in [-0.05, 0) is 60.8 Å². The summed E-state index contributed by atoms with van der Waals surface area (Å²) in [5.74, 6) is -2.47. The van der Waals surface area contributed by atoms with E-state index in [0.717, 1.165) is 29.2 Å². The quantitative estimate of drug-likeness (QED) is 0.339. The maximum absolute atomic E-state index is 14.3. The standard InChI is InChI=1S/C38H49N5O9S/c1-25(2)23-51-36(47)39-31-16-7-5-3-4-6-14-28-21-38(28,35(46)41-53(49,50)29-17-18-29)40-33(44)32-22-42(19-20-43(32)34(31)45)37(48)52-24-27-13-10-12-26-11-8-9-15-30(26)27/h6,8-15,25,28-29,31-32H,3-5,7,16-24H2,1-2H3,(H,39,47)(H,40,44)(H,41,46)/b14-6+/t28?,31-,32-,38-/m0/s1. The first-order valence-corrected chi connectivity index (χ1v) is 20.1. The molecule has 0 radical (unpaired) electrons. The molecule has 0 spiro atoms. The van der Waals surface area contributed by atoms with Crippen LogP contribution < -0.4 is 15.4 Å². The minimum Gasteiger partial charge on any atom is -0.449 e. The number of rotatable bonds is 8. The van der Waals surface area contributed by atoms with Crippen molar-refractivity contribution < 1.29 is 41.9 Å². The van der Waals surface area contributed by atoms with Crippen molar-refractivity contribution in [3.8, 4) is 0 Å². The summed E-state index contributed by atoms with van der Waals surface area (Å²) < 4.78 is 38.9. The number of hydrogen-bond donors (Lipinski definition) is 3. The van der Waals surface area contributed by atoms with Crippen LogP contribution >= 0.6 is 0 Å². The summed E-state index contributed by atoms with van der Waals surface area (Å²) in [5, 5.41) is 6.80. The van der Waals surface area contributed by atoms with Gasteiger partial charge in [0.1, 0.15) is 24.2 Å². The fraction of sp³-hybridized carbons (Fsp3) is 0.553. The molecule has 0 bridgehead atoms. The first-order chi connectivity index (χ1) is 25.4. The van der Waals surface area contributed by atoms with Crippen LogP contribution in [0.5, 0.6) is 0 Å². The van der Waals surface area contributed by atoms with Gasteiger partial charge in [-0.2, -0.15) is 0 Å². The Bertz CT molecular complexity index is 1860. The van der Waals surface area contributed by atoms with Crippen molar-refractivity contribution in [1.29, 1.82) is 0 Å². The number of amides is 5. The Morgan fingerprint density at radius 3 is 2.53 bits per heavy atom. The van der Waals surface area contributed by atoms with Crippen LogP contribution in [0, 0.1) is 11.8 Å². The van der Waals surface area contributed by atoms with Crippen LogP contribution in [0.25, 0.3) is 10.8 Å². The number of carbonyl (C=O) groups is 5. The average Bonchev–Trinajstić information content (AvgIpc) is 4.08. The largest absolute Gasteiger partial charge is 0.449 e. The number of hydrogen-bond acceptors (Lipinski definition) is 9. The van der Waals surface area contributed by atoms with Crippen molar-refractivity contribution >= 4 is 50.7 Å². The summed E-state index contributed by atoms with van der Waals surface area (Å²) in [6.07, 6.45) is 6.53. The van der Waals surface area contributed by atoms with E-state index in [2.05, 4.69) is 15.4 Å². The van der Waals surface area contributed by atoms with Gasteiger partial charge in [0.15, 0.2) is 0 Å². The molecule has 286 valence electrons. The first-order valence-electron chi connectivity index (χ1n) is 18.5. The van der Waals surface area contributed by atoms with Crippen molar-refractivity contribution in [3.63, 3.8) is 0 Å². The zero-order valence-electron chi connectivity index (χ0n) is 30.3. The molecule has 4 aliphatic rings. The number of benzene rings is 2. The van der Waals surface area contributed by atoms with Gasteiger partial charge in [-0.15, -0.1) is 0 Å². The zero-order valence-corrected chi connectivity index (χ0v) is 31.1. The third-order valence-corrected chi connectivity index (χ3v) is 12.1. The fourth-order valence-electron chi connectivity index (χ4n) is 6.98. The number of nitrogens with one attached hydrogen (secondary N) is 3. The molecule has 5 amide bonds. The van der Waals surface area contributed by atoms with Crippen molar-refractivity contribution in [2.24, 2.45) is 11.8 Å². The highest BCUT2D eigenvalue weighted by molar-refractivity contribution is 7.91. The van der Waals surface area contributed by atoms with Gasteiger partial charge in [0.25, 0.3) is 5.91 Å². The Morgan fingerprint density at radius 2 is 1.75 bits per heavy atom. The van der Waals surface area contributed by atoms with Crippen molar-refractivity contribution in [3.05, 3.63) is 60.2 Å². The number of nitrogens with zero attached hydrogens (tertiary/aromatic N) is 2. The van der Waals surface area contributed by atoms with Gasteiger partial charge < -0.3 is 29.9 Å². The van der Waals surface area contributed by atoms with Gasteiger partial charge in [0.05, 0.1) is 18.4 Å². The van der Waals surface area contributed by atoms with E-state index in [1.165, 1.54) is 9.80 Å². The summed E-state index contributed by atoms with van der Waals surface area (Å²) in [4.78, 5) is 71.3. The van der Waals surface area contributed by atoms with E-state index in [-0.39, 0.29) is 45.2 Å². The van der Waals surface area contributed by atoms with E-state index in [9.17, 15) is 32.4 Å². The number of allylic oxidation sites excluding steroid dienone is 1. The molecule has 0 aromatic heterocycles. The Hall–Kier alpha value is -4.66. The monoisotopic (exact) mass is 751 g/mol. The second kappa shape index (κ2) is 16.1. The van der Waals surface area contributed by atoms with E-state index in [0.29, 0.717) is 32.1 Å². The summed E-state index contributed by atoms with van der Waals surface area (Å²) in [6.45, 7) is 3.66. The number of sulfonamides is 1. The highest BCUT2D eigenvalue weighted by Gasteiger charge is 2.62. The fourth-order valence-corrected chi connectivity index (χ4v) is 8.35. The summed E-state index contributed by atoms with van der Waals surface area (Å²) in [7, 11) is -3.92. The van der Waals surface area contributed by atoms with E-state index < -0.39 is 68.7 Å². The minimum atomic E-state index is -3.92. The Balaban J connectivity index is 1.25. The molecule has 3 fully saturated rings. The van der Waals surface area contributed by atoms with Gasteiger partial charge in [-0.25, -0.2) is 18.0 Å². The van der Waals surface area contributed by atoms with Gasteiger partial charge in [0, 0.05) is 19.0 Å². The molecule has 1 saturated heterocycles. The number of ether oxygens (including phenoxy) is 2. The molecule has 4 atom stereocenters. The molecular weight excluding hydrogens is 703 g/mol. The number of fused-ring (bicyclic) bond motifs is 3. The molecule has 15 heteroatoms. The Morgan fingerprint density at radius 1 is 0.981 bits per heavy atom.